The Morgan fingerprint density at radius 3 is 2.84 bits per heavy atom. The molecule has 3 saturated heterocycles. The predicted molar refractivity (Wildman–Crippen MR) is 148 cm³/mol. The highest BCUT2D eigenvalue weighted by Crippen LogP contribution is 2.47. The van der Waals surface area contributed by atoms with Crippen molar-refractivity contribution in [3.8, 4) is 23.1 Å². The van der Waals surface area contributed by atoms with Crippen molar-refractivity contribution in [1.29, 1.82) is 0 Å². The number of likely N-dealkylation sites (N-methyl/N-ethyl adjacent to an activating group) is 1. The van der Waals surface area contributed by atoms with Crippen LogP contribution in [0.15, 0.2) is 12.1 Å². The van der Waals surface area contributed by atoms with Gasteiger partial charge in [0.25, 0.3) is 0 Å². The molecule has 7 rings (SSSR count). The zero-order valence-corrected chi connectivity index (χ0v) is 23.8. The number of anilines is 2. The number of rotatable bonds is 4. The number of benzene rings is 1. The second kappa shape index (κ2) is 10.2. The van der Waals surface area contributed by atoms with Crippen LogP contribution in [0.25, 0.3) is 22.2 Å². The molecule has 3 aromatic rings. The minimum Gasteiger partial charge on any atom is -0.469 e. The normalized spacial score (nSPS) is 27.1. The standard InChI is InChI=1S/C28H28ClF5N6O3/c1-39-17-3-6-41-11-18(17)43-25-19-23(21(31)22(36-25)15-7-14(35)8-16(29)20(15)28(32,33)34)37-26(38-24(19)39)42-12-27-4-2-5-40(27)10-13(30)9-27/h7-8,13,17-18H,2-6,9-12,35H2,1H3/t13-,17?,18?,27+/m1/s1. The number of alkyl halides is 4. The molecule has 0 amide bonds. The molecule has 0 spiro atoms. The van der Waals surface area contributed by atoms with Crippen molar-refractivity contribution in [3.05, 3.63) is 28.5 Å². The lowest BCUT2D eigenvalue weighted by molar-refractivity contribution is -0.137. The molecule has 2 unspecified atom stereocenters. The fourth-order valence-electron chi connectivity index (χ4n) is 6.99. The Bertz CT molecular complexity index is 1610. The number of nitrogens with zero attached hydrogens (tertiary/aromatic N) is 5. The summed E-state index contributed by atoms with van der Waals surface area (Å²) in [6.45, 7) is 1.76. The highest BCUT2D eigenvalue weighted by molar-refractivity contribution is 6.32. The van der Waals surface area contributed by atoms with Gasteiger partial charge in [0, 0.05) is 37.9 Å². The zero-order chi connectivity index (χ0) is 30.3. The van der Waals surface area contributed by atoms with E-state index in [1.165, 1.54) is 0 Å². The Kier molecular flexibility index (Phi) is 6.74. The first-order chi connectivity index (χ1) is 20.4. The van der Waals surface area contributed by atoms with Gasteiger partial charge >= 0.3 is 12.2 Å². The zero-order valence-electron chi connectivity index (χ0n) is 23.1. The predicted octanol–water partition coefficient (Wildman–Crippen LogP) is 5.03. The molecule has 230 valence electrons. The average molecular weight is 627 g/mol. The summed E-state index contributed by atoms with van der Waals surface area (Å²) in [6.07, 6.45) is -4.05. The van der Waals surface area contributed by atoms with Gasteiger partial charge in [-0.2, -0.15) is 23.1 Å². The third-order valence-corrected chi connectivity index (χ3v) is 9.26. The molecule has 0 saturated carbocycles. The molecule has 4 aliphatic rings. The van der Waals surface area contributed by atoms with Crippen LogP contribution in [0.4, 0.5) is 33.5 Å². The molecule has 4 aliphatic heterocycles. The quantitative estimate of drug-likeness (QED) is 0.316. The Morgan fingerprint density at radius 1 is 1.23 bits per heavy atom. The van der Waals surface area contributed by atoms with Gasteiger partial charge in [0.15, 0.2) is 5.82 Å². The highest BCUT2D eigenvalue weighted by atomic mass is 35.5. The Balaban J connectivity index is 1.41. The van der Waals surface area contributed by atoms with Crippen LogP contribution in [-0.2, 0) is 10.9 Å². The number of hydrogen-bond donors (Lipinski definition) is 1. The summed E-state index contributed by atoms with van der Waals surface area (Å²) in [4.78, 5) is 17.1. The van der Waals surface area contributed by atoms with E-state index in [4.69, 9.17) is 31.5 Å². The van der Waals surface area contributed by atoms with Gasteiger partial charge in [-0.25, -0.2) is 13.8 Å². The van der Waals surface area contributed by atoms with Crippen molar-refractivity contribution in [2.75, 3.05) is 50.6 Å². The van der Waals surface area contributed by atoms with Crippen LogP contribution in [0.5, 0.6) is 11.9 Å². The van der Waals surface area contributed by atoms with Gasteiger partial charge < -0.3 is 24.8 Å². The van der Waals surface area contributed by atoms with E-state index < -0.39 is 51.7 Å². The topological polar surface area (TPSA) is 98.9 Å². The highest BCUT2D eigenvalue weighted by Gasteiger charge is 2.49. The van der Waals surface area contributed by atoms with Gasteiger partial charge in [-0.3, -0.25) is 4.90 Å². The Morgan fingerprint density at radius 2 is 2.05 bits per heavy atom. The summed E-state index contributed by atoms with van der Waals surface area (Å²) >= 11 is 5.99. The lowest BCUT2D eigenvalue weighted by atomic mass is 9.95. The van der Waals surface area contributed by atoms with E-state index in [2.05, 4.69) is 19.9 Å². The molecule has 43 heavy (non-hydrogen) atoms. The molecule has 9 nitrogen and oxygen atoms in total. The molecule has 3 fully saturated rings. The van der Waals surface area contributed by atoms with E-state index in [1.807, 2.05) is 4.90 Å². The van der Waals surface area contributed by atoms with E-state index in [1.54, 1.807) is 7.05 Å². The van der Waals surface area contributed by atoms with Crippen LogP contribution in [0.2, 0.25) is 5.02 Å². The van der Waals surface area contributed by atoms with Crippen LogP contribution in [0, 0.1) is 5.82 Å². The largest absolute Gasteiger partial charge is 0.469 e. The second-order valence-corrected chi connectivity index (χ2v) is 12.0. The van der Waals surface area contributed by atoms with Crippen molar-refractivity contribution in [1.82, 2.24) is 19.9 Å². The van der Waals surface area contributed by atoms with Crippen LogP contribution in [0.3, 0.4) is 0 Å². The van der Waals surface area contributed by atoms with Crippen molar-refractivity contribution in [2.45, 2.75) is 55.7 Å². The van der Waals surface area contributed by atoms with E-state index in [-0.39, 0.29) is 53.6 Å². The fourth-order valence-corrected chi connectivity index (χ4v) is 7.33. The SMILES string of the molecule is CN1c2nc(OC[C@@]34CCCN3C[C@H](F)C4)nc3c(F)c(-c4cc(N)cc(Cl)c4C(F)(F)F)nc(c23)OC2COCCC21. The number of hydrogen-bond acceptors (Lipinski definition) is 9. The van der Waals surface area contributed by atoms with E-state index in [0.29, 0.717) is 26.0 Å². The minimum absolute atomic E-state index is 0.0773. The average Bonchev–Trinajstić information content (AvgIpc) is 3.43. The molecule has 4 atom stereocenters. The number of halogens is 6. The van der Waals surface area contributed by atoms with Crippen molar-refractivity contribution >= 4 is 34.0 Å². The number of aromatic nitrogens is 3. The van der Waals surface area contributed by atoms with Gasteiger partial charge in [-0.05, 0) is 37.9 Å². The van der Waals surface area contributed by atoms with Crippen LogP contribution in [0.1, 0.15) is 31.2 Å². The summed E-state index contributed by atoms with van der Waals surface area (Å²) in [5, 5.41) is -0.619. The summed E-state index contributed by atoms with van der Waals surface area (Å²) in [5.74, 6) is -1.05. The summed E-state index contributed by atoms with van der Waals surface area (Å²) < 4.78 is 91.4. The monoisotopic (exact) mass is 626 g/mol. The van der Waals surface area contributed by atoms with Crippen molar-refractivity contribution in [2.24, 2.45) is 0 Å². The molecule has 15 heteroatoms. The molecule has 2 aromatic heterocycles. The van der Waals surface area contributed by atoms with E-state index in [9.17, 15) is 17.6 Å². The second-order valence-electron chi connectivity index (χ2n) is 11.6. The van der Waals surface area contributed by atoms with E-state index >= 15 is 4.39 Å². The fraction of sp³-hybridized carbons (Fsp3) is 0.536. The number of nitrogen functional groups attached to an aromatic ring is 1. The first-order valence-corrected chi connectivity index (χ1v) is 14.4. The van der Waals surface area contributed by atoms with Gasteiger partial charge in [-0.1, -0.05) is 11.6 Å². The van der Waals surface area contributed by atoms with Crippen molar-refractivity contribution in [3.63, 3.8) is 0 Å². The molecular weight excluding hydrogens is 599 g/mol. The van der Waals surface area contributed by atoms with Gasteiger partial charge in [0.1, 0.15) is 41.3 Å². The van der Waals surface area contributed by atoms with Crippen LogP contribution >= 0.6 is 11.6 Å². The number of ether oxygens (including phenoxy) is 3. The number of fused-ring (bicyclic) bond motifs is 2. The summed E-state index contributed by atoms with van der Waals surface area (Å²) in [6, 6.07) is 1.46. The summed E-state index contributed by atoms with van der Waals surface area (Å²) in [7, 11) is 1.76. The molecule has 0 bridgehead atoms. The van der Waals surface area contributed by atoms with Crippen LogP contribution < -0.4 is 20.1 Å². The van der Waals surface area contributed by atoms with E-state index in [0.717, 1.165) is 31.5 Å². The third kappa shape index (κ3) is 4.69. The van der Waals surface area contributed by atoms with Gasteiger partial charge in [-0.15, -0.1) is 0 Å². The molecule has 0 aliphatic carbocycles. The number of pyridine rings is 1. The van der Waals surface area contributed by atoms with Gasteiger partial charge in [0.05, 0.1) is 28.8 Å². The first-order valence-electron chi connectivity index (χ1n) is 14.0. The van der Waals surface area contributed by atoms with Gasteiger partial charge in [0.2, 0.25) is 5.88 Å². The Hall–Kier alpha value is -3.23. The molecule has 0 radical (unpaired) electrons. The molecule has 1 aromatic carbocycles. The maximum atomic E-state index is 16.5. The maximum Gasteiger partial charge on any atom is 0.418 e. The molecule has 6 heterocycles. The lowest BCUT2D eigenvalue weighted by Gasteiger charge is -2.36. The Labute approximate surface area is 248 Å². The third-order valence-electron chi connectivity index (χ3n) is 8.96. The molecule has 2 N–H and O–H groups in total. The molecular formula is C28H28ClF5N6O3. The van der Waals surface area contributed by atoms with Crippen LogP contribution in [-0.4, -0.2) is 83.7 Å². The number of nitrogens with two attached hydrogens (primary N) is 1. The lowest BCUT2D eigenvalue weighted by Crippen LogP contribution is -2.49. The summed E-state index contributed by atoms with van der Waals surface area (Å²) in [5.41, 5.74) is 2.23. The smallest absolute Gasteiger partial charge is 0.418 e. The van der Waals surface area contributed by atoms with Crippen molar-refractivity contribution < 1.29 is 36.2 Å². The maximum absolute atomic E-state index is 16.5. The minimum atomic E-state index is -4.95. The first kappa shape index (κ1) is 28.5.